The van der Waals surface area contributed by atoms with E-state index in [9.17, 15) is 8.78 Å². The van der Waals surface area contributed by atoms with Crippen molar-refractivity contribution < 1.29 is 23.0 Å². The minimum Gasteiger partial charge on any atom is -0.493 e. The summed E-state index contributed by atoms with van der Waals surface area (Å²) in [4.78, 5) is 0. The van der Waals surface area contributed by atoms with E-state index >= 15 is 0 Å². The van der Waals surface area contributed by atoms with Gasteiger partial charge in [-0.2, -0.15) is 0 Å². The van der Waals surface area contributed by atoms with Gasteiger partial charge in [0.2, 0.25) is 5.75 Å². The van der Waals surface area contributed by atoms with Gasteiger partial charge in [0.1, 0.15) is 6.61 Å². The van der Waals surface area contributed by atoms with Crippen molar-refractivity contribution in [2.24, 2.45) is 0 Å². The van der Waals surface area contributed by atoms with Gasteiger partial charge in [-0.1, -0.05) is 0 Å². The van der Waals surface area contributed by atoms with E-state index in [1.807, 2.05) is 0 Å². The number of hydrogen-bond acceptors (Lipinski definition) is 4. The van der Waals surface area contributed by atoms with Gasteiger partial charge in [0.25, 0.3) is 6.43 Å². The fourth-order valence-corrected chi connectivity index (χ4v) is 1.87. The molecule has 0 saturated heterocycles. The quantitative estimate of drug-likeness (QED) is 0.798. The molecular formula is C14H19F2NO3. The summed E-state index contributed by atoms with van der Waals surface area (Å²) in [6.07, 6.45) is -0.145. The largest absolute Gasteiger partial charge is 0.493 e. The predicted molar refractivity (Wildman–Crippen MR) is 70.9 cm³/mol. The Morgan fingerprint density at radius 3 is 2.25 bits per heavy atom. The number of methoxy groups -OCH3 is 2. The molecule has 1 aliphatic rings. The molecule has 1 saturated carbocycles. The first-order valence-electron chi connectivity index (χ1n) is 6.53. The maximum absolute atomic E-state index is 12.3. The van der Waals surface area contributed by atoms with Crippen LogP contribution in [0.2, 0.25) is 0 Å². The van der Waals surface area contributed by atoms with Crippen LogP contribution in [-0.4, -0.2) is 33.3 Å². The van der Waals surface area contributed by atoms with Gasteiger partial charge in [-0.05, 0) is 30.5 Å². The second kappa shape index (κ2) is 6.74. The van der Waals surface area contributed by atoms with Gasteiger partial charge >= 0.3 is 0 Å². The number of nitrogens with one attached hydrogen (secondary N) is 1. The number of hydrogen-bond donors (Lipinski definition) is 1. The van der Waals surface area contributed by atoms with Crippen molar-refractivity contribution in [1.82, 2.24) is 5.32 Å². The van der Waals surface area contributed by atoms with E-state index < -0.39 is 13.0 Å². The number of alkyl halides is 2. The minimum absolute atomic E-state index is 0.213. The number of rotatable bonds is 8. The summed E-state index contributed by atoms with van der Waals surface area (Å²) in [5.74, 6) is 1.01. The zero-order valence-corrected chi connectivity index (χ0v) is 11.6. The Labute approximate surface area is 117 Å². The van der Waals surface area contributed by atoms with Gasteiger partial charge < -0.3 is 19.5 Å². The van der Waals surface area contributed by atoms with E-state index in [0.29, 0.717) is 24.1 Å². The van der Waals surface area contributed by atoms with Crippen LogP contribution < -0.4 is 19.5 Å². The normalized spacial score (nSPS) is 14.4. The molecular weight excluding hydrogens is 268 g/mol. The standard InChI is InChI=1S/C14H19F2NO3/c1-18-11-5-9(7-17-10-3-4-10)6-12(19-2)14(11)20-8-13(15)16/h5-6,10,13,17H,3-4,7-8H2,1-2H3. The molecule has 1 aromatic carbocycles. The highest BCUT2D eigenvalue weighted by Gasteiger charge is 2.21. The Kier molecular flexibility index (Phi) is 5.00. The lowest BCUT2D eigenvalue weighted by Gasteiger charge is -2.16. The molecule has 0 radical (unpaired) electrons. The van der Waals surface area contributed by atoms with Gasteiger partial charge in [0.05, 0.1) is 14.2 Å². The van der Waals surface area contributed by atoms with Crippen molar-refractivity contribution in [2.45, 2.75) is 31.9 Å². The second-order valence-electron chi connectivity index (χ2n) is 4.69. The molecule has 1 aromatic rings. The predicted octanol–water partition coefficient (Wildman–Crippen LogP) is 2.60. The molecule has 0 bridgehead atoms. The Balaban J connectivity index is 2.15. The zero-order valence-electron chi connectivity index (χ0n) is 11.6. The smallest absolute Gasteiger partial charge is 0.272 e. The SMILES string of the molecule is COc1cc(CNC2CC2)cc(OC)c1OCC(F)F. The summed E-state index contributed by atoms with van der Waals surface area (Å²) in [7, 11) is 2.95. The van der Waals surface area contributed by atoms with E-state index in [1.54, 1.807) is 12.1 Å². The summed E-state index contributed by atoms with van der Waals surface area (Å²) in [5, 5.41) is 3.37. The summed E-state index contributed by atoms with van der Waals surface area (Å²) in [5.41, 5.74) is 0.968. The molecule has 0 heterocycles. The number of ether oxygens (including phenoxy) is 3. The lowest BCUT2D eigenvalue weighted by molar-refractivity contribution is 0.0789. The van der Waals surface area contributed by atoms with Crippen molar-refractivity contribution in [3.63, 3.8) is 0 Å². The molecule has 2 rings (SSSR count). The van der Waals surface area contributed by atoms with Crippen LogP contribution in [0.5, 0.6) is 17.2 Å². The van der Waals surface area contributed by atoms with Crippen LogP contribution >= 0.6 is 0 Å². The summed E-state index contributed by atoms with van der Waals surface area (Å²) < 4.78 is 40.0. The highest BCUT2D eigenvalue weighted by atomic mass is 19.3. The van der Waals surface area contributed by atoms with Gasteiger partial charge in [-0.3, -0.25) is 0 Å². The molecule has 112 valence electrons. The van der Waals surface area contributed by atoms with Crippen molar-refractivity contribution in [3.8, 4) is 17.2 Å². The van der Waals surface area contributed by atoms with Crippen LogP contribution in [0.15, 0.2) is 12.1 Å². The number of benzene rings is 1. The first-order chi connectivity index (χ1) is 9.63. The van der Waals surface area contributed by atoms with E-state index in [-0.39, 0.29) is 5.75 Å². The molecule has 20 heavy (non-hydrogen) atoms. The summed E-state index contributed by atoms with van der Waals surface area (Å²) in [6, 6.07) is 4.14. The maximum Gasteiger partial charge on any atom is 0.272 e. The Morgan fingerprint density at radius 2 is 1.80 bits per heavy atom. The molecule has 4 nitrogen and oxygen atoms in total. The Morgan fingerprint density at radius 1 is 1.20 bits per heavy atom. The molecule has 0 unspecified atom stereocenters. The number of halogens is 2. The summed E-state index contributed by atoms with van der Waals surface area (Å²) in [6.45, 7) is -0.00109. The van der Waals surface area contributed by atoms with Gasteiger partial charge in [0.15, 0.2) is 11.5 Å². The third kappa shape index (κ3) is 3.96. The van der Waals surface area contributed by atoms with Gasteiger partial charge in [-0.25, -0.2) is 8.78 Å². The minimum atomic E-state index is -2.54. The fraction of sp³-hybridized carbons (Fsp3) is 0.571. The second-order valence-corrected chi connectivity index (χ2v) is 4.69. The van der Waals surface area contributed by atoms with Crippen molar-refractivity contribution >= 4 is 0 Å². The topological polar surface area (TPSA) is 39.7 Å². The first kappa shape index (κ1) is 14.8. The Bertz CT molecular complexity index is 425. The van der Waals surface area contributed by atoms with E-state index in [2.05, 4.69) is 5.32 Å². The molecule has 0 aliphatic heterocycles. The van der Waals surface area contributed by atoms with Gasteiger partial charge in [-0.15, -0.1) is 0 Å². The molecule has 0 amide bonds. The fourth-order valence-electron chi connectivity index (χ4n) is 1.87. The lowest BCUT2D eigenvalue weighted by atomic mass is 10.1. The molecule has 6 heteroatoms. The van der Waals surface area contributed by atoms with Crippen molar-refractivity contribution in [2.75, 3.05) is 20.8 Å². The van der Waals surface area contributed by atoms with Crippen LogP contribution in [0.1, 0.15) is 18.4 Å². The van der Waals surface area contributed by atoms with Crippen LogP contribution in [0.4, 0.5) is 8.78 Å². The van der Waals surface area contributed by atoms with Crippen LogP contribution in [-0.2, 0) is 6.54 Å². The van der Waals surface area contributed by atoms with Crippen LogP contribution in [0.25, 0.3) is 0 Å². The van der Waals surface area contributed by atoms with E-state index in [0.717, 1.165) is 5.56 Å². The third-order valence-electron chi connectivity index (χ3n) is 3.05. The monoisotopic (exact) mass is 287 g/mol. The van der Waals surface area contributed by atoms with E-state index in [4.69, 9.17) is 14.2 Å². The van der Waals surface area contributed by atoms with Crippen molar-refractivity contribution in [3.05, 3.63) is 17.7 Å². The average molecular weight is 287 g/mol. The molecule has 0 atom stereocenters. The van der Waals surface area contributed by atoms with Gasteiger partial charge in [0, 0.05) is 12.6 Å². The van der Waals surface area contributed by atoms with Crippen molar-refractivity contribution in [1.29, 1.82) is 0 Å². The zero-order chi connectivity index (χ0) is 14.5. The average Bonchev–Trinajstić information content (AvgIpc) is 3.26. The first-order valence-corrected chi connectivity index (χ1v) is 6.53. The molecule has 0 aromatic heterocycles. The highest BCUT2D eigenvalue weighted by molar-refractivity contribution is 5.53. The third-order valence-corrected chi connectivity index (χ3v) is 3.05. The molecule has 0 spiro atoms. The van der Waals surface area contributed by atoms with Crippen LogP contribution in [0.3, 0.4) is 0 Å². The Hall–Kier alpha value is -1.56. The lowest BCUT2D eigenvalue weighted by Crippen LogP contribution is -2.15. The van der Waals surface area contributed by atoms with Crippen LogP contribution in [0, 0.1) is 0 Å². The summed E-state index contributed by atoms with van der Waals surface area (Å²) >= 11 is 0. The maximum atomic E-state index is 12.3. The van der Waals surface area contributed by atoms with E-state index in [1.165, 1.54) is 27.1 Å². The molecule has 1 aliphatic carbocycles. The highest BCUT2D eigenvalue weighted by Crippen LogP contribution is 2.39. The molecule has 1 fully saturated rings. The molecule has 1 N–H and O–H groups in total.